The van der Waals surface area contributed by atoms with Gasteiger partial charge < -0.3 is 14.6 Å². The molecule has 2 aromatic rings. The largest absolute Gasteiger partial charge is 0.465 e. The number of fused-ring (bicyclic) bond motifs is 1. The number of aromatic nitrogens is 2. The Labute approximate surface area is 158 Å². The molecule has 0 saturated carbocycles. The summed E-state index contributed by atoms with van der Waals surface area (Å²) < 4.78 is 2.07. The predicted octanol–water partition coefficient (Wildman–Crippen LogP) is 2.84. The number of nitrogens with zero attached hydrogens (tertiary/aromatic N) is 4. The van der Waals surface area contributed by atoms with Crippen LogP contribution >= 0.6 is 0 Å². The highest BCUT2D eigenvalue weighted by molar-refractivity contribution is 5.96. The molecular formula is C19H26N4O4. The lowest BCUT2D eigenvalue weighted by atomic mass is 9.92. The molecule has 1 aromatic carbocycles. The lowest BCUT2D eigenvalue weighted by Crippen LogP contribution is -2.37. The Bertz CT molecular complexity index is 811. The Kier molecular flexibility index (Phi) is 5.95. The van der Waals surface area contributed by atoms with Gasteiger partial charge in [-0.15, -0.1) is 0 Å². The second kappa shape index (κ2) is 8.39. The Morgan fingerprint density at radius 2 is 2.07 bits per heavy atom. The third-order valence-electron chi connectivity index (χ3n) is 5.32. The molecule has 2 heterocycles. The molecule has 8 heteroatoms. The fourth-order valence-electron chi connectivity index (χ4n) is 3.60. The average molecular weight is 374 g/mol. The van der Waals surface area contributed by atoms with Crippen LogP contribution in [0.1, 0.15) is 36.0 Å². The third kappa shape index (κ3) is 4.39. The van der Waals surface area contributed by atoms with E-state index in [9.17, 15) is 9.59 Å². The molecule has 2 amide bonds. The van der Waals surface area contributed by atoms with Gasteiger partial charge in [0, 0.05) is 32.2 Å². The zero-order chi connectivity index (χ0) is 19.4. The first-order chi connectivity index (χ1) is 13.0. The highest BCUT2D eigenvalue weighted by atomic mass is 16.7. The van der Waals surface area contributed by atoms with Crippen LogP contribution in [0, 0.1) is 5.92 Å². The summed E-state index contributed by atoms with van der Waals surface area (Å²) in [6.07, 6.45) is 4.92. The zero-order valence-corrected chi connectivity index (χ0v) is 15.8. The number of aryl methyl sites for hydroxylation is 1. The van der Waals surface area contributed by atoms with E-state index in [0.29, 0.717) is 24.6 Å². The first-order valence-corrected chi connectivity index (χ1v) is 9.24. The van der Waals surface area contributed by atoms with Crippen LogP contribution < -0.4 is 0 Å². The molecule has 0 spiro atoms. The SMILES string of the molecule is CON(C)C(=O)c1ccc2ncn(CCCC3CCN(C(=O)O)CC3)c2c1. The van der Waals surface area contributed by atoms with Crippen molar-refractivity contribution < 1.29 is 19.5 Å². The number of hydroxylamine groups is 2. The van der Waals surface area contributed by atoms with Gasteiger partial charge in [0.2, 0.25) is 0 Å². The number of rotatable bonds is 6. The van der Waals surface area contributed by atoms with Gasteiger partial charge in [0.15, 0.2) is 0 Å². The van der Waals surface area contributed by atoms with Gasteiger partial charge in [-0.25, -0.2) is 14.8 Å². The van der Waals surface area contributed by atoms with E-state index in [4.69, 9.17) is 9.94 Å². The van der Waals surface area contributed by atoms with E-state index in [2.05, 4.69) is 9.55 Å². The number of likely N-dealkylation sites (tertiary alicyclic amines) is 1. The maximum absolute atomic E-state index is 12.3. The van der Waals surface area contributed by atoms with E-state index < -0.39 is 6.09 Å². The summed E-state index contributed by atoms with van der Waals surface area (Å²) in [4.78, 5) is 34.1. The standard InChI is InChI=1S/C19H26N4O4/c1-21(27-2)18(24)15-5-6-16-17(12-15)23(13-20-16)9-3-4-14-7-10-22(11-8-14)19(25)26/h5-6,12-14H,3-4,7-11H2,1-2H3,(H,25,26). The summed E-state index contributed by atoms with van der Waals surface area (Å²) in [5, 5.41) is 10.2. The highest BCUT2D eigenvalue weighted by Crippen LogP contribution is 2.23. The summed E-state index contributed by atoms with van der Waals surface area (Å²) >= 11 is 0. The molecule has 8 nitrogen and oxygen atoms in total. The zero-order valence-electron chi connectivity index (χ0n) is 15.8. The molecule has 0 bridgehead atoms. The van der Waals surface area contributed by atoms with Gasteiger partial charge >= 0.3 is 6.09 Å². The Morgan fingerprint density at radius 1 is 1.33 bits per heavy atom. The van der Waals surface area contributed by atoms with Gasteiger partial charge in [0.25, 0.3) is 5.91 Å². The van der Waals surface area contributed by atoms with Crippen molar-refractivity contribution >= 4 is 23.0 Å². The minimum Gasteiger partial charge on any atom is -0.465 e. The van der Waals surface area contributed by atoms with E-state index in [1.165, 1.54) is 17.1 Å². The number of hydrogen-bond acceptors (Lipinski definition) is 4. The molecule has 1 aliphatic heterocycles. The molecule has 1 fully saturated rings. The fraction of sp³-hybridized carbons (Fsp3) is 0.526. The maximum atomic E-state index is 12.3. The van der Waals surface area contributed by atoms with Crippen molar-refractivity contribution in [3.05, 3.63) is 30.1 Å². The topological polar surface area (TPSA) is 87.9 Å². The molecule has 0 atom stereocenters. The van der Waals surface area contributed by atoms with Gasteiger partial charge in [-0.05, 0) is 49.8 Å². The van der Waals surface area contributed by atoms with E-state index in [1.54, 1.807) is 13.1 Å². The summed E-state index contributed by atoms with van der Waals surface area (Å²) in [5.41, 5.74) is 2.36. The van der Waals surface area contributed by atoms with Crippen LogP contribution in [-0.4, -0.2) is 63.9 Å². The van der Waals surface area contributed by atoms with Gasteiger partial charge in [-0.3, -0.25) is 9.63 Å². The third-order valence-corrected chi connectivity index (χ3v) is 5.32. The molecule has 27 heavy (non-hydrogen) atoms. The van der Waals surface area contributed by atoms with Crippen LogP contribution in [0.25, 0.3) is 11.0 Å². The highest BCUT2D eigenvalue weighted by Gasteiger charge is 2.22. The number of piperidine rings is 1. The normalized spacial score (nSPS) is 15.3. The van der Waals surface area contributed by atoms with Crippen molar-refractivity contribution in [3.8, 4) is 0 Å². The van der Waals surface area contributed by atoms with Crippen molar-refractivity contribution in [2.24, 2.45) is 5.92 Å². The van der Waals surface area contributed by atoms with Crippen LogP contribution in [0.2, 0.25) is 0 Å². The van der Waals surface area contributed by atoms with E-state index >= 15 is 0 Å². The molecule has 0 unspecified atom stereocenters. The molecule has 1 aliphatic rings. The summed E-state index contributed by atoms with van der Waals surface area (Å²) in [6.45, 7) is 2.09. The molecule has 0 aliphatic carbocycles. The van der Waals surface area contributed by atoms with Crippen LogP contribution in [0.15, 0.2) is 24.5 Å². The van der Waals surface area contributed by atoms with Gasteiger partial charge in [0.1, 0.15) is 0 Å². The van der Waals surface area contributed by atoms with Crippen molar-refractivity contribution in [2.75, 3.05) is 27.2 Å². The van der Waals surface area contributed by atoms with Crippen LogP contribution in [0.3, 0.4) is 0 Å². The number of hydrogen-bond donors (Lipinski definition) is 1. The Balaban J connectivity index is 1.59. The minimum absolute atomic E-state index is 0.197. The lowest BCUT2D eigenvalue weighted by molar-refractivity contribution is -0.0756. The molecular weight excluding hydrogens is 348 g/mol. The van der Waals surface area contributed by atoms with Crippen molar-refractivity contribution in [2.45, 2.75) is 32.2 Å². The number of amides is 2. The first-order valence-electron chi connectivity index (χ1n) is 9.24. The van der Waals surface area contributed by atoms with Crippen molar-refractivity contribution in [1.82, 2.24) is 19.5 Å². The molecule has 1 aromatic heterocycles. The molecule has 1 saturated heterocycles. The summed E-state index contributed by atoms with van der Waals surface area (Å²) in [7, 11) is 3.04. The van der Waals surface area contributed by atoms with Crippen LogP contribution in [0.4, 0.5) is 4.79 Å². The summed E-state index contributed by atoms with van der Waals surface area (Å²) in [5.74, 6) is 0.375. The number of imidazole rings is 1. The van der Waals surface area contributed by atoms with Gasteiger partial charge in [-0.1, -0.05) is 0 Å². The monoisotopic (exact) mass is 374 g/mol. The number of carbonyl (C=O) groups is 2. The maximum Gasteiger partial charge on any atom is 0.407 e. The molecule has 146 valence electrons. The Hall–Kier alpha value is -2.61. The van der Waals surface area contributed by atoms with E-state index in [0.717, 1.165) is 43.3 Å². The fourth-order valence-corrected chi connectivity index (χ4v) is 3.60. The second-order valence-corrected chi connectivity index (χ2v) is 6.98. The second-order valence-electron chi connectivity index (χ2n) is 6.98. The van der Waals surface area contributed by atoms with Crippen LogP contribution in [-0.2, 0) is 11.4 Å². The van der Waals surface area contributed by atoms with Crippen molar-refractivity contribution in [3.63, 3.8) is 0 Å². The Morgan fingerprint density at radius 3 is 2.74 bits per heavy atom. The van der Waals surface area contributed by atoms with Crippen LogP contribution in [0.5, 0.6) is 0 Å². The molecule has 3 rings (SSSR count). The predicted molar refractivity (Wildman–Crippen MR) is 100 cm³/mol. The van der Waals surface area contributed by atoms with Crippen molar-refractivity contribution in [1.29, 1.82) is 0 Å². The summed E-state index contributed by atoms with van der Waals surface area (Å²) in [6, 6.07) is 5.46. The quantitative estimate of drug-likeness (QED) is 0.786. The van der Waals surface area contributed by atoms with Gasteiger partial charge in [0.05, 0.1) is 24.5 Å². The average Bonchev–Trinajstić information content (AvgIpc) is 3.09. The number of benzene rings is 1. The van der Waals surface area contributed by atoms with E-state index in [-0.39, 0.29) is 5.91 Å². The molecule has 1 N–H and O–H groups in total. The van der Waals surface area contributed by atoms with Gasteiger partial charge in [-0.2, -0.15) is 0 Å². The van der Waals surface area contributed by atoms with E-state index in [1.807, 2.05) is 18.5 Å². The first kappa shape index (κ1) is 19.2. The minimum atomic E-state index is -0.817. The molecule has 0 radical (unpaired) electrons. The number of carbonyl (C=O) groups excluding carboxylic acids is 1. The smallest absolute Gasteiger partial charge is 0.407 e. The lowest BCUT2D eigenvalue weighted by Gasteiger charge is -2.29. The number of carboxylic acid groups (broad SMARTS) is 1.